The Morgan fingerprint density at radius 1 is 1.07 bits per heavy atom. The zero-order valence-corrected chi connectivity index (χ0v) is 19.0. The fraction of sp³-hybridized carbons (Fsp3) is 0.263. The average molecular weight is 497 g/mol. The number of thiocarbonyl (C=S) groups is 1. The maximum Gasteiger partial charge on any atom is 0.257 e. The molecule has 0 unspecified atom stereocenters. The molecular formula is C19H21BrN4O3S2. The van der Waals surface area contributed by atoms with Crippen molar-refractivity contribution < 1.29 is 13.2 Å². The summed E-state index contributed by atoms with van der Waals surface area (Å²) in [6.07, 6.45) is 0. The van der Waals surface area contributed by atoms with Crippen LogP contribution in [0, 0.1) is 0 Å². The highest BCUT2D eigenvalue weighted by Crippen LogP contribution is 2.20. The first-order valence-electron chi connectivity index (χ1n) is 8.92. The van der Waals surface area contributed by atoms with Crippen LogP contribution in [0.5, 0.6) is 0 Å². The third kappa shape index (κ3) is 5.61. The summed E-state index contributed by atoms with van der Waals surface area (Å²) in [4.78, 5) is 14.6. The number of carbonyl (C=O) groups excluding carboxylic acids is 1. The van der Waals surface area contributed by atoms with E-state index in [-0.39, 0.29) is 15.9 Å². The summed E-state index contributed by atoms with van der Waals surface area (Å²) in [5.41, 5.74) is 1.05. The Hall–Kier alpha value is -1.85. The minimum Gasteiger partial charge on any atom is -0.332 e. The number of piperazine rings is 1. The van der Waals surface area contributed by atoms with Gasteiger partial charge >= 0.3 is 0 Å². The molecule has 1 amide bonds. The highest BCUT2D eigenvalue weighted by atomic mass is 79.9. The third-order valence-electron chi connectivity index (χ3n) is 4.53. The molecule has 0 aliphatic carbocycles. The van der Waals surface area contributed by atoms with Crippen LogP contribution in [0.25, 0.3) is 0 Å². The summed E-state index contributed by atoms with van der Waals surface area (Å²) in [6, 6.07) is 13.3. The molecule has 0 aromatic heterocycles. The topological polar surface area (TPSA) is 81.8 Å². The second kappa shape index (κ2) is 9.31. The standard InChI is InChI=1S/C19H21BrN4O3S2/c1-23-9-11-24(12-10-23)29(26,27)17-7-5-16(6-8-17)21-19(28)22-18(25)14-3-2-4-15(20)13-14/h2-8,13H,9-12H2,1H3,(H2,21,22,25,28). The van der Waals surface area contributed by atoms with Crippen molar-refractivity contribution >= 4 is 54.9 Å². The second-order valence-electron chi connectivity index (χ2n) is 6.65. The molecule has 1 heterocycles. The number of carbonyl (C=O) groups is 1. The van der Waals surface area contributed by atoms with Crippen LogP contribution >= 0.6 is 28.1 Å². The number of rotatable bonds is 4. The Bertz CT molecular complexity index is 1000. The molecule has 1 fully saturated rings. The quantitative estimate of drug-likeness (QED) is 0.632. The van der Waals surface area contributed by atoms with Crippen molar-refractivity contribution in [2.24, 2.45) is 0 Å². The number of halogens is 1. The van der Waals surface area contributed by atoms with Crippen LogP contribution in [0.3, 0.4) is 0 Å². The van der Waals surface area contributed by atoms with Crippen LogP contribution < -0.4 is 10.6 Å². The van der Waals surface area contributed by atoms with E-state index in [1.165, 1.54) is 16.4 Å². The van der Waals surface area contributed by atoms with E-state index in [0.717, 1.165) is 4.47 Å². The summed E-state index contributed by atoms with van der Waals surface area (Å²) in [5.74, 6) is -0.335. The molecule has 3 rings (SSSR count). The normalized spacial score (nSPS) is 15.7. The number of sulfonamides is 1. The predicted octanol–water partition coefficient (Wildman–Crippen LogP) is 2.51. The fourth-order valence-corrected chi connectivity index (χ4v) is 4.89. The van der Waals surface area contributed by atoms with Gasteiger partial charge in [-0.15, -0.1) is 0 Å². The van der Waals surface area contributed by atoms with Crippen LogP contribution in [0.2, 0.25) is 0 Å². The van der Waals surface area contributed by atoms with Gasteiger partial charge in [-0.1, -0.05) is 22.0 Å². The fourth-order valence-electron chi connectivity index (χ4n) is 2.86. The van der Waals surface area contributed by atoms with Crippen LogP contribution in [-0.2, 0) is 10.0 Å². The molecule has 1 aliphatic rings. The van der Waals surface area contributed by atoms with Gasteiger partial charge in [-0.05, 0) is 61.7 Å². The van der Waals surface area contributed by atoms with Gasteiger partial charge in [-0.3, -0.25) is 10.1 Å². The molecule has 10 heteroatoms. The Labute approximate surface area is 184 Å². The lowest BCUT2D eigenvalue weighted by Gasteiger charge is -2.31. The van der Waals surface area contributed by atoms with E-state index in [1.807, 2.05) is 13.1 Å². The largest absolute Gasteiger partial charge is 0.332 e. The van der Waals surface area contributed by atoms with Gasteiger partial charge in [0.2, 0.25) is 10.0 Å². The van der Waals surface area contributed by atoms with Gasteiger partial charge in [-0.2, -0.15) is 4.31 Å². The van der Waals surface area contributed by atoms with Crippen molar-refractivity contribution in [3.63, 3.8) is 0 Å². The number of nitrogens with one attached hydrogen (secondary N) is 2. The maximum atomic E-state index is 12.8. The van der Waals surface area contributed by atoms with E-state index < -0.39 is 10.0 Å². The number of hydrogen-bond acceptors (Lipinski definition) is 5. The number of likely N-dealkylation sites (N-methyl/N-ethyl adjacent to an activating group) is 1. The van der Waals surface area contributed by atoms with Gasteiger partial charge in [0, 0.05) is 41.9 Å². The molecule has 0 radical (unpaired) electrons. The monoisotopic (exact) mass is 496 g/mol. The van der Waals surface area contributed by atoms with Gasteiger partial charge in [0.25, 0.3) is 5.91 Å². The molecule has 2 aromatic carbocycles. The number of amides is 1. The molecule has 29 heavy (non-hydrogen) atoms. The lowest BCUT2D eigenvalue weighted by Crippen LogP contribution is -2.46. The van der Waals surface area contributed by atoms with Crippen molar-refractivity contribution in [1.82, 2.24) is 14.5 Å². The molecular weight excluding hydrogens is 476 g/mol. The lowest BCUT2D eigenvalue weighted by molar-refractivity contribution is 0.0977. The van der Waals surface area contributed by atoms with Crippen molar-refractivity contribution in [3.8, 4) is 0 Å². The van der Waals surface area contributed by atoms with Crippen molar-refractivity contribution in [1.29, 1.82) is 0 Å². The zero-order chi connectivity index (χ0) is 21.0. The molecule has 1 aliphatic heterocycles. The van der Waals surface area contributed by atoms with E-state index in [9.17, 15) is 13.2 Å². The zero-order valence-electron chi connectivity index (χ0n) is 15.8. The Morgan fingerprint density at radius 3 is 2.34 bits per heavy atom. The van der Waals surface area contributed by atoms with E-state index in [0.29, 0.717) is 37.4 Å². The number of benzene rings is 2. The van der Waals surface area contributed by atoms with Gasteiger partial charge in [-0.25, -0.2) is 8.42 Å². The van der Waals surface area contributed by atoms with Crippen LogP contribution in [-0.4, -0.2) is 61.9 Å². The molecule has 0 saturated carbocycles. The van der Waals surface area contributed by atoms with Gasteiger partial charge in [0.05, 0.1) is 4.90 Å². The first-order chi connectivity index (χ1) is 13.8. The first kappa shape index (κ1) is 21.8. The van der Waals surface area contributed by atoms with Gasteiger partial charge < -0.3 is 10.2 Å². The van der Waals surface area contributed by atoms with Crippen LogP contribution in [0.4, 0.5) is 5.69 Å². The highest BCUT2D eigenvalue weighted by molar-refractivity contribution is 9.10. The Kier molecular flexibility index (Phi) is 7.01. The van der Waals surface area contributed by atoms with Gasteiger partial charge in [0.15, 0.2) is 5.11 Å². The van der Waals surface area contributed by atoms with Crippen LogP contribution in [0.15, 0.2) is 57.9 Å². The molecule has 7 nitrogen and oxygen atoms in total. The molecule has 0 bridgehead atoms. The number of nitrogens with zero attached hydrogens (tertiary/aromatic N) is 2. The molecule has 0 spiro atoms. The first-order valence-corrected chi connectivity index (χ1v) is 11.6. The highest BCUT2D eigenvalue weighted by Gasteiger charge is 2.27. The average Bonchev–Trinajstić information content (AvgIpc) is 2.68. The number of hydrogen-bond donors (Lipinski definition) is 2. The lowest BCUT2D eigenvalue weighted by atomic mass is 10.2. The SMILES string of the molecule is CN1CCN(S(=O)(=O)c2ccc(NC(=S)NC(=O)c3cccc(Br)c3)cc2)CC1. The smallest absolute Gasteiger partial charge is 0.257 e. The predicted molar refractivity (Wildman–Crippen MR) is 121 cm³/mol. The van der Waals surface area contributed by atoms with Crippen molar-refractivity contribution in [2.45, 2.75) is 4.90 Å². The molecule has 0 atom stereocenters. The molecule has 2 aromatic rings. The van der Waals surface area contributed by atoms with E-state index in [1.54, 1.807) is 30.3 Å². The maximum absolute atomic E-state index is 12.8. The van der Waals surface area contributed by atoms with E-state index in [4.69, 9.17) is 12.2 Å². The summed E-state index contributed by atoms with van der Waals surface area (Å²) in [6.45, 7) is 2.38. The minimum absolute atomic E-state index is 0.129. The van der Waals surface area contributed by atoms with E-state index >= 15 is 0 Å². The Morgan fingerprint density at radius 2 is 1.72 bits per heavy atom. The summed E-state index contributed by atoms with van der Waals surface area (Å²) < 4.78 is 27.8. The molecule has 2 N–H and O–H groups in total. The second-order valence-corrected chi connectivity index (χ2v) is 9.91. The molecule has 154 valence electrons. The van der Waals surface area contributed by atoms with Gasteiger partial charge in [0.1, 0.15) is 0 Å². The van der Waals surface area contributed by atoms with Crippen LogP contribution in [0.1, 0.15) is 10.4 Å². The summed E-state index contributed by atoms with van der Waals surface area (Å²) >= 11 is 8.50. The van der Waals surface area contributed by atoms with Crippen molar-refractivity contribution in [3.05, 3.63) is 58.6 Å². The summed E-state index contributed by atoms with van der Waals surface area (Å²) in [5, 5.41) is 5.63. The Balaban J connectivity index is 1.61. The van der Waals surface area contributed by atoms with E-state index in [2.05, 4.69) is 31.5 Å². The summed E-state index contributed by atoms with van der Waals surface area (Å²) in [7, 11) is -1.54. The van der Waals surface area contributed by atoms with Crippen molar-refractivity contribution in [2.75, 3.05) is 38.5 Å². The third-order valence-corrected chi connectivity index (χ3v) is 7.14. The minimum atomic E-state index is -3.52. The molecule has 1 saturated heterocycles. The number of anilines is 1.